The lowest BCUT2D eigenvalue weighted by Gasteiger charge is -2.08. The van der Waals surface area contributed by atoms with Crippen LogP contribution in [0.1, 0.15) is 17.3 Å². The molecule has 4 nitrogen and oxygen atoms in total. The Morgan fingerprint density at radius 1 is 1.12 bits per heavy atom. The number of aromatic carboxylic acids is 1. The number of carbonyl (C=O) groups is 2. The number of rotatable bonds is 2. The largest absolute Gasteiger partial charge is 0.478 e. The molecule has 0 fully saturated rings. The molecule has 0 aliphatic heterocycles. The molecule has 1 N–H and O–H groups in total. The number of ether oxygens (including phenoxy) is 1. The second-order valence-corrected chi connectivity index (χ2v) is 3.56. The summed E-state index contributed by atoms with van der Waals surface area (Å²) in [5.74, 6) is -1.25. The van der Waals surface area contributed by atoms with Crippen LogP contribution in [0.5, 0.6) is 5.75 Å². The summed E-state index contributed by atoms with van der Waals surface area (Å²) in [6, 6.07) is 9.98. The molecule has 0 aromatic heterocycles. The first kappa shape index (κ1) is 11.1. The molecule has 2 aromatic rings. The molecule has 0 unspecified atom stereocenters. The van der Waals surface area contributed by atoms with Gasteiger partial charge < -0.3 is 9.84 Å². The number of carboxylic acids is 1. The average molecular weight is 230 g/mol. The molecule has 0 aliphatic rings. The van der Waals surface area contributed by atoms with E-state index in [4.69, 9.17) is 9.84 Å². The smallest absolute Gasteiger partial charge is 0.336 e. The highest BCUT2D eigenvalue weighted by Crippen LogP contribution is 2.29. The molecular formula is C13H10O4. The summed E-state index contributed by atoms with van der Waals surface area (Å²) < 4.78 is 5.02. The van der Waals surface area contributed by atoms with E-state index in [1.807, 2.05) is 0 Å². The van der Waals surface area contributed by atoms with Gasteiger partial charge in [0, 0.05) is 12.3 Å². The summed E-state index contributed by atoms with van der Waals surface area (Å²) in [5.41, 5.74) is 0.124. The van der Waals surface area contributed by atoms with Gasteiger partial charge in [0.1, 0.15) is 5.75 Å². The zero-order chi connectivity index (χ0) is 12.4. The zero-order valence-electron chi connectivity index (χ0n) is 9.14. The highest BCUT2D eigenvalue weighted by molar-refractivity contribution is 6.06. The van der Waals surface area contributed by atoms with Crippen molar-refractivity contribution < 1.29 is 19.4 Å². The van der Waals surface area contributed by atoms with Gasteiger partial charge >= 0.3 is 11.9 Å². The van der Waals surface area contributed by atoms with Crippen LogP contribution in [0.15, 0.2) is 36.4 Å². The Bertz CT molecular complexity index is 596. The number of fused-ring (bicyclic) bond motifs is 1. The lowest BCUT2D eigenvalue weighted by Crippen LogP contribution is -2.04. The lowest BCUT2D eigenvalue weighted by molar-refractivity contribution is -0.131. The van der Waals surface area contributed by atoms with Crippen molar-refractivity contribution in [3.05, 3.63) is 42.0 Å². The van der Waals surface area contributed by atoms with Gasteiger partial charge in [-0.05, 0) is 17.5 Å². The molecule has 2 rings (SSSR count). The van der Waals surface area contributed by atoms with E-state index < -0.39 is 11.9 Å². The van der Waals surface area contributed by atoms with Crippen molar-refractivity contribution in [2.45, 2.75) is 6.92 Å². The number of carbonyl (C=O) groups excluding carboxylic acids is 1. The molecule has 86 valence electrons. The van der Waals surface area contributed by atoms with Crippen LogP contribution in [0.25, 0.3) is 10.8 Å². The third kappa shape index (κ3) is 2.10. The van der Waals surface area contributed by atoms with E-state index in [-0.39, 0.29) is 11.3 Å². The Morgan fingerprint density at radius 3 is 2.35 bits per heavy atom. The zero-order valence-corrected chi connectivity index (χ0v) is 9.14. The molecule has 0 bridgehead atoms. The Morgan fingerprint density at radius 2 is 1.76 bits per heavy atom. The second kappa shape index (κ2) is 4.25. The van der Waals surface area contributed by atoms with E-state index in [0.29, 0.717) is 5.39 Å². The van der Waals surface area contributed by atoms with Gasteiger partial charge in [-0.1, -0.05) is 24.3 Å². The third-order valence-corrected chi connectivity index (χ3v) is 2.35. The van der Waals surface area contributed by atoms with Gasteiger partial charge in [-0.15, -0.1) is 0 Å². The molecule has 0 atom stereocenters. The van der Waals surface area contributed by atoms with Gasteiger partial charge in [0.25, 0.3) is 0 Å². The van der Waals surface area contributed by atoms with Crippen molar-refractivity contribution in [2.24, 2.45) is 0 Å². The minimum atomic E-state index is -1.05. The van der Waals surface area contributed by atoms with E-state index in [1.54, 1.807) is 30.3 Å². The average Bonchev–Trinajstić information content (AvgIpc) is 2.27. The van der Waals surface area contributed by atoms with E-state index in [0.717, 1.165) is 5.39 Å². The van der Waals surface area contributed by atoms with Crippen molar-refractivity contribution >= 4 is 22.7 Å². The fraction of sp³-hybridized carbons (Fsp3) is 0.0769. The minimum Gasteiger partial charge on any atom is -0.478 e. The fourth-order valence-corrected chi connectivity index (χ4v) is 1.72. The van der Waals surface area contributed by atoms with Crippen LogP contribution >= 0.6 is 0 Å². The molecule has 17 heavy (non-hydrogen) atoms. The van der Waals surface area contributed by atoms with Crippen molar-refractivity contribution in [1.82, 2.24) is 0 Å². The second-order valence-electron chi connectivity index (χ2n) is 3.56. The van der Waals surface area contributed by atoms with Crippen LogP contribution in [0.2, 0.25) is 0 Å². The summed E-state index contributed by atoms with van der Waals surface area (Å²) in [6.07, 6.45) is 0. The molecule has 0 radical (unpaired) electrons. The first-order valence-corrected chi connectivity index (χ1v) is 5.03. The van der Waals surface area contributed by atoms with E-state index in [1.165, 1.54) is 13.0 Å². The molecule has 4 heteroatoms. The Kier molecular flexibility index (Phi) is 2.78. The van der Waals surface area contributed by atoms with Crippen molar-refractivity contribution in [3.63, 3.8) is 0 Å². The van der Waals surface area contributed by atoms with E-state index in [9.17, 15) is 9.59 Å². The molecule has 0 aliphatic carbocycles. The van der Waals surface area contributed by atoms with Crippen molar-refractivity contribution in [3.8, 4) is 5.75 Å². The molecule has 0 spiro atoms. The number of benzene rings is 2. The molecule has 2 aromatic carbocycles. The standard InChI is InChI=1S/C13H10O4/c1-8(14)17-11-7-3-5-9-4-2-6-10(12(9)11)13(15)16/h2-7H,1H3,(H,15,16). The van der Waals surface area contributed by atoms with Gasteiger partial charge in [-0.3, -0.25) is 4.79 Å². The topological polar surface area (TPSA) is 63.6 Å². The normalized spacial score (nSPS) is 10.2. The van der Waals surface area contributed by atoms with Gasteiger partial charge in [0.2, 0.25) is 0 Å². The van der Waals surface area contributed by atoms with E-state index in [2.05, 4.69) is 0 Å². The number of hydrogen-bond acceptors (Lipinski definition) is 3. The van der Waals surface area contributed by atoms with Crippen LogP contribution in [-0.2, 0) is 4.79 Å². The highest BCUT2D eigenvalue weighted by Gasteiger charge is 2.13. The van der Waals surface area contributed by atoms with Gasteiger partial charge in [0.15, 0.2) is 0 Å². The van der Waals surface area contributed by atoms with Crippen LogP contribution in [-0.4, -0.2) is 17.0 Å². The van der Waals surface area contributed by atoms with Crippen LogP contribution in [0, 0.1) is 0 Å². The summed E-state index contributed by atoms with van der Waals surface area (Å²) in [6.45, 7) is 1.28. The number of carboxylic acid groups (broad SMARTS) is 1. The van der Waals surface area contributed by atoms with Crippen LogP contribution in [0.3, 0.4) is 0 Å². The Balaban J connectivity index is 2.75. The fourth-order valence-electron chi connectivity index (χ4n) is 1.72. The van der Waals surface area contributed by atoms with Crippen LogP contribution < -0.4 is 4.74 Å². The molecular weight excluding hydrogens is 220 g/mol. The quantitative estimate of drug-likeness (QED) is 0.635. The summed E-state index contributed by atoms with van der Waals surface area (Å²) in [7, 11) is 0. The van der Waals surface area contributed by atoms with Gasteiger partial charge in [-0.25, -0.2) is 4.79 Å². The summed E-state index contributed by atoms with van der Waals surface area (Å²) >= 11 is 0. The van der Waals surface area contributed by atoms with Gasteiger partial charge in [0.05, 0.1) is 5.56 Å². The molecule has 0 saturated heterocycles. The van der Waals surface area contributed by atoms with Crippen LogP contribution in [0.4, 0.5) is 0 Å². The van der Waals surface area contributed by atoms with Crippen molar-refractivity contribution in [2.75, 3.05) is 0 Å². The molecule has 0 amide bonds. The maximum atomic E-state index is 11.1. The summed E-state index contributed by atoms with van der Waals surface area (Å²) in [4.78, 5) is 22.1. The van der Waals surface area contributed by atoms with Crippen molar-refractivity contribution in [1.29, 1.82) is 0 Å². The van der Waals surface area contributed by atoms with Gasteiger partial charge in [-0.2, -0.15) is 0 Å². The highest BCUT2D eigenvalue weighted by atomic mass is 16.5. The van der Waals surface area contributed by atoms with E-state index >= 15 is 0 Å². The third-order valence-electron chi connectivity index (χ3n) is 2.35. The monoisotopic (exact) mass is 230 g/mol. The molecule has 0 saturated carbocycles. The lowest BCUT2D eigenvalue weighted by atomic mass is 10.0. The SMILES string of the molecule is CC(=O)Oc1cccc2cccc(C(=O)O)c12. The summed E-state index contributed by atoms with van der Waals surface area (Å²) in [5, 5.41) is 10.3. The Hall–Kier alpha value is -2.36. The number of hydrogen-bond donors (Lipinski definition) is 1. The number of esters is 1. The maximum Gasteiger partial charge on any atom is 0.336 e. The predicted octanol–water partition coefficient (Wildman–Crippen LogP) is 2.46. The maximum absolute atomic E-state index is 11.1. The first-order valence-electron chi connectivity index (χ1n) is 5.03. The molecule has 0 heterocycles. The Labute approximate surface area is 97.4 Å². The minimum absolute atomic E-state index is 0.124. The first-order chi connectivity index (χ1) is 8.09. The predicted molar refractivity (Wildman–Crippen MR) is 62.2 cm³/mol.